The molecule has 3 N–H and O–H groups in total. The van der Waals surface area contributed by atoms with Gasteiger partial charge in [-0.05, 0) is 77.4 Å². The molecule has 2 aromatic carbocycles. The summed E-state index contributed by atoms with van der Waals surface area (Å²) in [7, 11) is -1.08. The van der Waals surface area contributed by atoms with Gasteiger partial charge in [0, 0.05) is 10.4 Å². The van der Waals surface area contributed by atoms with Crippen LogP contribution < -0.4 is 0 Å². The van der Waals surface area contributed by atoms with Crippen molar-refractivity contribution < 1.29 is 29.5 Å². The maximum Gasteiger partial charge on any atom is 0.455 e. The number of para-hydroxylation sites is 1. The van der Waals surface area contributed by atoms with E-state index in [-0.39, 0.29) is 43.0 Å². The summed E-state index contributed by atoms with van der Waals surface area (Å²) in [6.45, 7) is 0.0234. The average molecular weight is 569 g/mol. The fourth-order valence-electron chi connectivity index (χ4n) is 6.73. The van der Waals surface area contributed by atoms with Crippen LogP contribution >= 0.6 is 11.3 Å². The van der Waals surface area contributed by atoms with Crippen LogP contribution in [0.1, 0.15) is 35.3 Å². The molecule has 2 amide bonds. The van der Waals surface area contributed by atoms with Gasteiger partial charge in [-0.3, -0.25) is 14.5 Å². The van der Waals surface area contributed by atoms with Gasteiger partial charge in [-0.2, -0.15) is 0 Å². The molecule has 3 aromatic rings. The number of phenols is 1. The second-order valence-corrected chi connectivity index (χ2v) is 12.0. The van der Waals surface area contributed by atoms with Gasteiger partial charge in [0.15, 0.2) is 0 Å². The number of phenolic OH excluding ortho intramolecular Hbond substituents is 1. The Morgan fingerprint density at radius 1 is 1.02 bits per heavy atom. The first-order chi connectivity index (χ1) is 19.9. The molecule has 9 heteroatoms. The van der Waals surface area contributed by atoms with Gasteiger partial charge in [0.2, 0.25) is 11.8 Å². The van der Waals surface area contributed by atoms with E-state index in [1.54, 1.807) is 12.1 Å². The van der Waals surface area contributed by atoms with E-state index in [1.807, 2.05) is 66.1 Å². The minimum absolute atomic E-state index is 0.186. The number of carbonyl (C=O) groups is 2. The van der Waals surface area contributed by atoms with Crippen LogP contribution in [0.15, 0.2) is 83.3 Å². The normalized spacial score (nSPS) is 24.6. The van der Waals surface area contributed by atoms with Crippen LogP contribution in [0.25, 0.3) is 11.6 Å². The van der Waals surface area contributed by atoms with Gasteiger partial charge in [-0.1, -0.05) is 54.6 Å². The lowest BCUT2D eigenvalue weighted by Crippen LogP contribution is -2.46. The number of thiophene rings is 1. The third-order valence-corrected chi connectivity index (χ3v) is 9.43. The quantitative estimate of drug-likeness (QED) is 0.156. The minimum atomic E-state index is -1.08. The number of allylic oxidation sites excluding steroid dienone is 1. The van der Waals surface area contributed by atoms with Gasteiger partial charge in [0.05, 0.1) is 31.1 Å². The molecule has 0 saturated carbocycles. The first kappa shape index (κ1) is 27.7. The zero-order valence-corrected chi connectivity index (χ0v) is 23.4. The van der Waals surface area contributed by atoms with E-state index in [4.69, 9.17) is 4.65 Å². The molecule has 7 nitrogen and oxygen atoms in total. The lowest BCUT2D eigenvalue weighted by atomic mass is 9.58. The van der Waals surface area contributed by atoms with Crippen LogP contribution in [0.3, 0.4) is 0 Å². The third-order valence-electron chi connectivity index (χ3n) is 8.57. The van der Waals surface area contributed by atoms with Gasteiger partial charge in [0.1, 0.15) is 5.75 Å². The minimum Gasteiger partial charge on any atom is -0.507 e. The van der Waals surface area contributed by atoms with Crippen LogP contribution in [-0.4, -0.2) is 51.8 Å². The van der Waals surface area contributed by atoms with Gasteiger partial charge in [-0.15, -0.1) is 11.3 Å². The highest BCUT2D eigenvalue weighted by atomic mass is 32.1. The molecule has 0 unspecified atom stereocenters. The molecule has 2 aliphatic heterocycles. The second kappa shape index (κ2) is 11.8. The summed E-state index contributed by atoms with van der Waals surface area (Å²) in [6.07, 6.45) is 3.03. The summed E-state index contributed by atoms with van der Waals surface area (Å²) in [4.78, 5) is 29.4. The Labute approximate surface area is 243 Å². The van der Waals surface area contributed by atoms with Crippen molar-refractivity contribution in [2.24, 2.45) is 17.8 Å². The summed E-state index contributed by atoms with van der Waals surface area (Å²) >= 11 is 1.51. The molecular weight excluding hydrogens is 537 g/mol. The van der Waals surface area contributed by atoms with Gasteiger partial charge >= 0.3 is 7.12 Å². The van der Waals surface area contributed by atoms with Crippen molar-refractivity contribution >= 4 is 41.9 Å². The average Bonchev–Trinajstić information content (AvgIpc) is 3.58. The number of imide groups is 1. The van der Waals surface area contributed by atoms with Crippen LogP contribution in [0.4, 0.5) is 0 Å². The molecule has 2 saturated heterocycles. The van der Waals surface area contributed by atoms with E-state index in [0.29, 0.717) is 24.8 Å². The summed E-state index contributed by atoms with van der Waals surface area (Å²) in [6, 6.07) is 20.9. The molecule has 4 atom stereocenters. The van der Waals surface area contributed by atoms with Gasteiger partial charge in [-0.25, -0.2) is 0 Å². The van der Waals surface area contributed by atoms with Crippen molar-refractivity contribution in [3.05, 3.63) is 99.3 Å². The van der Waals surface area contributed by atoms with Crippen LogP contribution in [0.2, 0.25) is 6.32 Å². The van der Waals surface area contributed by atoms with Crippen molar-refractivity contribution in [2.75, 3.05) is 6.61 Å². The van der Waals surface area contributed by atoms with Crippen molar-refractivity contribution in [1.82, 2.24) is 4.90 Å². The third kappa shape index (κ3) is 5.43. The molecule has 0 bridgehead atoms. The standard InChI is InChI=1S/C32H32BNO6S/c35-19-23-16-25-30(32(38)34(31(25)37)18-24-10-6-14-41-24)26-17-33(39)40-28(29(23)26)13-12-21(20-7-2-1-3-8-20)15-22-9-4-5-11-27(22)36/h1-11,14-15,25-26,28,30,35-36,39H,12-13,16-19H2/b21-15-/t25-,26+,28-,30-/m1/s1. The Morgan fingerprint density at radius 2 is 1.80 bits per heavy atom. The van der Waals surface area contributed by atoms with E-state index in [0.717, 1.165) is 27.2 Å². The maximum atomic E-state index is 13.7. The highest BCUT2D eigenvalue weighted by Crippen LogP contribution is 2.51. The number of amides is 2. The first-order valence-corrected chi connectivity index (χ1v) is 14.9. The largest absolute Gasteiger partial charge is 0.507 e. The van der Waals surface area contributed by atoms with Gasteiger partial charge in [0.25, 0.3) is 0 Å². The van der Waals surface area contributed by atoms with E-state index >= 15 is 0 Å². The monoisotopic (exact) mass is 569 g/mol. The number of hydrogen-bond acceptors (Lipinski definition) is 7. The fourth-order valence-corrected chi connectivity index (χ4v) is 7.42. The molecule has 0 spiro atoms. The Bertz CT molecular complexity index is 1490. The van der Waals surface area contributed by atoms with Crippen molar-refractivity contribution in [2.45, 2.75) is 38.2 Å². The predicted molar refractivity (Wildman–Crippen MR) is 158 cm³/mol. The van der Waals surface area contributed by atoms with E-state index in [1.165, 1.54) is 16.2 Å². The van der Waals surface area contributed by atoms with Crippen LogP contribution in [0, 0.1) is 17.8 Å². The fraction of sp³-hybridized carbons (Fsp3) is 0.312. The van der Waals surface area contributed by atoms with Crippen molar-refractivity contribution in [3.63, 3.8) is 0 Å². The number of benzene rings is 2. The molecule has 6 rings (SSSR count). The van der Waals surface area contributed by atoms with E-state index < -0.39 is 25.1 Å². The molecule has 210 valence electrons. The zero-order valence-electron chi connectivity index (χ0n) is 22.6. The molecule has 0 radical (unpaired) electrons. The van der Waals surface area contributed by atoms with Crippen LogP contribution in [-0.2, 0) is 20.8 Å². The number of hydrogen-bond donors (Lipinski definition) is 3. The molecule has 3 aliphatic rings. The van der Waals surface area contributed by atoms with E-state index in [2.05, 4.69) is 0 Å². The summed E-state index contributed by atoms with van der Waals surface area (Å²) < 4.78 is 6.07. The summed E-state index contributed by atoms with van der Waals surface area (Å²) in [5, 5.41) is 33.6. The number of aliphatic hydroxyl groups excluding tert-OH is 1. The molecular formula is C32H32BNO6S. The molecule has 1 aromatic heterocycles. The lowest BCUT2D eigenvalue weighted by molar-refractivity contribution is -0.140. The highest BCUT2D eigenvalue weighted by molar-refractivity contribution is 7.09. The number of likely N-dealkylation sites (tertiary alicyclic amines) is 1. The molecule has 41 heavy (non-hydrogen) atoms. The number of nitrogens with zero attached hydrogens (tertiary/aromatic N) is 1. The Hall–Kier alpha value is -3.50. The number of aromatic hydroxyl groups is 1. The number of aliphatic hydroxyl groups is 1. The Kier molecular flexibility index (Phi) is 7.95. The maximum absolute atomic E-state index is 13.7. The highest BCUT2D eigenvalue weighted by Gasteiger charge is 2.57. The van der Waals surface area contributed by atoms with Crippen molar-refractivity contribution in [1.29, 1.82) is 0 Å². The smallest absolute Gasteiger partial charge is 0.455 e. The number of carbonyl (C=O) groups excluding carboxylic acids is 2. The topological polar surface area (TPSA) is 107 Å². The predicted octanol–water partition coefficient (Wildman–Crippen LogP) is 4.76. The number of rotatable bonds is 8. The first-order valence-electron chi connectivity index (χ1n) is 14.0. The summed E-state index contributed by atoms with van der Waals surface area (Å²) in [5.74, 6) is -1.70. The molecule has 2 fully saturated rings. The Balaban J connectivity index is 1.29. The zero-order chi connectivity index (χ0) is 28.5. The van der Waals surface area contributed by atoms with E-state index in [9.17, 15) is 24.8 Å². The van der Waals surface area contributed by atoms with Gasteiger partial charge < -0.3 is 19.9 Å². The Morgan fingerprint density at radius 3 is 2.54 bits per heavy atom. The molecule has 3 heterocycles. The summed E-state index contributed by atoms with van der Waals surface area (Å²) in [5.41, 5.74) is 4.28. The lowest BCUT2D eigenvalue weighted by Gasteiger charge is -2.43. The SMILES string of the molecule is O=C1[C@@H]2[C@@H](CC(CO)=C3[C@@H](CC/C(=C/c4ccccc4O)c4ccccc4)OB(O)C[C@@H]32)C(=O)N1Cc1cccs1. The number of fused-ring (bicyclic) bond motifs is 3. The van der Waals surface area contributed by atoms with Crippen molar-refractivity contribution in [3.8, 4) is 5.75 Å². The van der Waals surface area contributed by atoms with Crippen LogP contribution in [0.5, 0.6) is 5.75 Å². The second-order valence-electron chi connectivity index (χ2n) is 11.0. The molecule has 1 aliphatic carbocycles.